The van der Waals surface area contributed by atoms with Crippen LogP contribution in [0.2, 0.25) is 0 Å². The molecular formula is C18H23N3O4S. The topological polar surface area (TPSA) is 87.3 Å². The third kappa shape index (κ3) is 4.63. The Balaban J connectivity index is 2.39. The van der Waals surface area contributed by atoms with Gasteiger partial charge in [-0.25, -0.2) is 4.98 Å². The van der Waals surface area contributed by atoms with Gasteiger partial charge in [-0.1, -0.05) is 31.7 Å². The van der Waals surface area contributed by atoms with Gasteiger partial charge in [0.15, 0.2) is 0 Å². The van der Waals surface area contributed by atoms with Crippen LogP contribution in [0.4, 0.5) is 5.69 Å². The molecule has 0 saturated carbocycles. The van der Waals surface area contributed by atoms with E-state index >= 15 is 0 Å². The van der Waals surface area contributed by atoms with Gasteiger partial charge in [0, 0.05) is 30.0 Å². The van der Waals surface area contributed by atoms with Gasteiger partial charge in [0.1, 0.15) is 10.9 Å². The molecule has 1 heterocycles. The van der Waals surface area contributed by atoms with Crippen LogP contribution in [0.1, 0.15) is 44.6 Å². The molecule has 0 aliphatic rings. The quantitative estimate of drug-likeness (QED) is 0.389. The van der Waals surface area contributed by atoms with Crippen LogP contribution >= 0.6 is 11.8 Å². The molecule has 0 amide bonds. The molecule has 0 spiro atoms. The Labute approximate surface area is 156 Å². The van der Waals surface area contributed by atoms with Crippen LogP contribution in [-0.4, -0.2) is 27.6 Å². The van der Waals surface area contributed by atoms with Crippen molar-refractivity contribution in [3.05, 3.63) is 45.9 Å². The van der Waals surface area contributed by atoms with Crippen LogP contribution < -0.4 is 0 Å². The highest BCUT2D eigenvalue weighted by molar-refractivity contribution is 7.99. The molecular weight excluding hydrogens is 354 g/mol. The van der Waals surface area contributed by atoms with Crippen molar-refractivity contribution in [1.29, 1.82) is 0 Å². The van der Waals surface area contributed by atoms with Crippen molar-refractivity contribution in [3.8, 4) is 0 Å². The number of hydrogen-bond acceptors (Lipinski definition) is 6. The first-order valence-corrected chi connectivity index (χ1v) is 9.27. The molecule has 140 valence electrons. The maximum atomic E-state index is 11.5. The minimum Gasteiger partial charge on any atom is -0.469 e. The molecule has 8 heteroatoms. The fourth-order valence-corrected chi connectivity index (χ4v) is 3.87. The van der Waals surface area contributed by atoms with Gasteiger partial charge in [-0.15, -0.1) is 0 Å². The van der Waals surface area contributed by atoms with E-state index in [1.807, 2.05) is 13.0 Å². The number of esters is 1. The number of non-ortho nitro benzene ring substituents is 1. The van der Waals surface area contributed by atoms with Gasteiger partial charge in [0.05, 0.1) is 24.1 Å². The Morgan fingerprint density at radius 2 is 2.15 bits per heavy atom. The number of nitro groups is 1. The summed E-state index contributed by atoms with van der Waals surface area (Å²) in [5.74, 6) is 0.755. The molecule has 2 aromatic rings. The molecule has 7 nitrogen and oxygen atoms in total. The zero-order valence-electron chi connectivity index (χ0n) is 15.4. The summed E-state index contributed by atoms with van der Waals surface area (Å²) in [4.78, 5) is 27.6. The molecule has 26 heavy (non-hydrogen) atoms. The lowest BCUT2D eigenvalue weighted by molar-refractivity contribution is -0.385. The fourth-order valence-electron chi connectivity index (χ4n) is 2.59. The number of hydrogen-bond donors (Lipinski definition) is 0. The van der Waals surface area contributed by atoms with E-state index in [1.54, 1.807) is 12.1 Å². The Morgan fingerprint density at radius 1 is 1.42 bits per heavy atom. The Bertz CT molecular complexity index is 802. The van der Waals surface area contributed by atoms with Crippen molar-refractivity contribution < 1.29 is 14.5 Å². The minimum absolute atomic E-state index is 0.0644. The van der Waals surface area contributed by atoms with Gasteiger partial charge < -0.3 is 9.30 Å². The number of benzene rings is 1. The van der Waals surface area contributed by atoms with Gasteiger partial charge in [-0.05, 0) is 18.9 Å². The lowest BCUT2D eigenvalue weighted by Gasteiger charge is -2.11. The molecule has 0 radical (unpaired) electrons. The summed E-state index contributed by atoms with van der Waals surface area (Å²) in [6.45, 7) is 6.84. The summed E-state index contributed by atoms with van der Waals surface area (Å²) in [7, 11) is 1.37. The van der Waals surface area contributed by atoms with Crippen LogP contribution in [-0.2, 0) is 22.5 Å². The normalized spacial score (nSPS) is 11.0. The smallest absolute Gasteiger partial charge is 0.305 e. The zero-order valence-corrected chi connectivity index (χ0v) is 16.2. The predicted octanol–water partition coefficient (Wildman–Crippen LogP) is 4.19. The number of ether oxygens (including phenoxy) is 1. The van der Waals surface area contributed by atoms with Gasteiger partial charge in [-0.3, -0.25) is 14.9 Å². The van der Waals surface area contributed by atoms with Crippen LogP contribution in [0, 0.1) is 10.1 Å². The van der Waals surface area contributed by atoms with Crippen molar-refractivity contribution in [1.82, 2.24) is 9.55 Å². The lowest BCUT2D eigenvalue weighted by atomic mass is 10.1. The first-order chi connectivity index (χ1) is 12.4. The first-order valence-electron chi connectivity index (χ1n) is 8.45. The second-order valence-corrected chi connectivity index (χ2v) is 7.11. The van der Waals surface area contributed by atoms with Crippen LogP contribution in [0.3, 0.4) is 0 Å². The van der Waals surface area contributed by atoms with E-state index in [0.29, 0.717) is 13.0 Å². The SMILES string of the molecule is CCn1c(CCC(=O)OC)nc(C(C)C)c1Sc1cccc([N+](=O)[O-])c1. The van der Waals surface area contributed by atoms with Crippen molar-refractivity contribution in [3.63, 3.8) is 0 Å². The number of aromatic nitrogens is 2. The van der Waals surface area contributed by atoms with Crippen LogP contribution in [0.25, 0.3) is 0 Å². The van der Waals surface area contributed by atoms with E-state index in [4.69, 9.17) is 9.72 Å². The largest absolute Gasteiger partial charge is 0.469 e. The van der Waals surface area contributed by atoms with E-state index < -0.39 is 4.92 Å². The van der Waals surface area contributed by atoms with Crippen molar-refractivity contribution in [2.45, 2.75) is 56.0 Å². The highest BCUT2D eigenvalue weighted by Gasteiger charge is 2.21. The summed E-state index contributed by atoms with van der Waals surface area (Å²) in [5.41, 5.74) is 0.998. The average Bonchev–Trinajstić information content (AvgIpc) is 2.97. The Kier molecular flexibility index (Phi) is 6.79. The number of carbonyl (C=O) groups is 1. The molecule has 0 aliphatic carbocycles. The van der Waals surface area contributed by atoms with Crippen molar-refractivity contribution in [2.24, 2.45) is 0 Å². The maximum Gasteiger partial charge on any atom is 0.305 e. The number of aryl methyl sites for hydroxylation is 1. The molecule has 0 fully saturated rings. The second-order valence-electron chi connectivity index (χ2n) is 6.05. The molecule has 1 aromatic heterocycles. The van der Waals surface area contributed by atoms with E-state index in [0.717, 1.165) is 21.4 Å². The summed E-state index contributed by atoms with van der Waals surface area (Å²) in [5, 5.41) is 12.0. The predicted molar refractivity (Wildman–Crippen MR) is 99.5 cm³/mol. The molecule has 1 aromatic carbocycles. The third-order valence-electron chi connectivity index (χ3n) is 3.91. The van der Waals surface area contributed by atoms with Gasteiger partial charge >= 0.3 is 5.97 Å². The number of carbonyl (C=O) groups excluding carboxylic acids is 1. The summed E-state index contributed by atoms with van der Waals surface area (Å²) < 4.78 is 6.79. The maximum absolute atomic E-state index is 11.5. The molecule has 0 atom stereocenters. The molecule has 0 aliphatic heterocycles. The van der Waals surface area contributed by atoms with E-state index in [2.05, 4.69) is 18.4 Å². The number of imidazole rings is 1. The average molecular weight is 377 g/mol. The minimum atomic E-state index is -0.397. The standard InChI is InChI=1S/C18H23N3O4S/c1-5-20-15(9-10-16(22)25-4)19-17(12(2)3)18(20)26-14-8-6-7-13(11-14)21(23)24/h6-8,11-12H,5,9-10H2,1-4H3. The summed E-state index contributed by atoms with van der Waals surface area (Å²) >= 11 is 1.47. The van der Waals surface area contributed by atoms with Gasteiger partial charge in [0.25, 0.3) is 5.69 Å². The van der Waals surface area contributed by atoms with Gasteiger partial charge in [0.2, 0.25) is 0 Å². The highest BCUT2D eigenvalue weighted by Crippen LogP contribution is 2.36. The molecule has 0 saturated heterocycles. The van der Waals surface area contributed by atoms with Crippen molar-refractivity contribution in [2.75, 3.05) is 7.11 Å². The van der Waals surface area contributed by atoms with E-state index in [1.165, 1.54) is 24.9 Å². The molecule has 0 unspecified atom stereocenters. The molecule has 0 N–H and O–H groups in total. The summed E-state index contributed by atoms with van der Waals surface area (Å²) in [6.07, 6.45) is 0.766. The van der Waals surface area contributed by atoms with Gasteiger partial charge in [-0.2, -0.15) is 0 Å². The molecule has 2 rings (SSSR count). The number of rotatable bonds is 8. The summed E-state index contributed by atoms with van der Waals surface area (Å²) in [6, 6.07) is 6.57. The zero-order chi connectivity index (χ0) is 19.3. The third-order valence-corrected chi connectivity index (χ3v) is 5.02. The monoisotopic (exact) mass is 377 g/mol. The van der Waals surface area contributed by atoms with Crippen LogP contribution in [0.15, 0.2) is 34.2 Å². The number of nitrogens with zero attached hydrogens (tertiary/aromatic N) is 3. The molecule has 0 bridgehead atoms. The Morgan fingerprint density at radius 3 is 2.73 bits per heavy atom. The first kappa shape index (κ1) is 20.0. The fraction of sp³-hybridized carbons (Fsp3) is 0.444. The number of nitro benzene ring substituents is 1. The van der Waals surface area contributed by atoms with Crippen molar-refractivity contribution >= 4 is 23.4 Å². The highest BCUT2D eigenvalue weighted by atomic mass is 32.2. The second kappa shape index (κ2) is 8.84. The van der Waals surface area contributed by atoms with E-state index in [9.17, 15) is 14.9 Å². The van der Waals surface area contributed by atoms with Crippen LogP contribution in [0.5, 0.6) is 0 Å². The van der Waals surface area contributed by atoms with E-state index in [-0.39, 0.29) is 24.0 Å². The number of methoxy groups -OCH3 is 1. The Hall–Kier alpha value is -2.35. The lowest BCUT2D eigenvalue weighted by Crippen LogP contribution is -2.07.